The van der Waals surface area contributed by atoms with Crippen LogP contribution < -0.4 is 9.64 Å². The summed E-state index contributed by atoms with van der Waals surface area (Å²) < 4.78 is 19.5. The molecule has 0 aliphatic carbocycles. The van der Waals surface area contributed by atoms with Gasteiger partial charge in [0.15, 0.2) is 0 Å². The second-order valence-corrected chi connectivity index (χ2v) is 6.71. The lowest BCUT2D eigenvalue weighted by Gasteiger charge is -2.36. The quantitative estimate of drug-likeness (QED) is 0.711. The molecule has 1 aliphatic heterocycles. The highest BCUT2D eigenvalue weighted by Gasteiger charge is 2.18. The molecule has 26 heavy (non-hydrogen) atoms. The number of nitrogens with zero attached hydrogens (tertiary/aromatic N) is 4. The third-order valence-corrected chi connectivity index (χ3v) is 4.85. The monoisotopic (exact) mass is 358 g/mol. The van der Waals surface area contributed by atoms with Crippen molar-refractivity contribution in [3.05, 3.63) is 47.7 Å². The van der Waals surface area contributed by atoms with E-state index in [1.165, 1.54) is 6.07 Å². The molecule has 0 radical (unpaired) electrons. The van der Waals surface area contributed by atoms with Gasteiger partial charge >= 0.3 is 0 Å². The highest BCUT2D eigenvalue weighted by Crippen LogP contribution is 2.20. The van der Waals surface area contributed by atoms with Crippen LogP contribution in [0.2, 0.25) is 0 Å². The number of unbranched alkanes of at least 4 members (excludes halogenated alkanes) is 1. The summed E-state index contributed by atoms with van der Waals surface area (Å²) in [5.41, 5.74) is 2.57. The number of hydrogen-bond donors (Lipinski definition) is 0. The second kappa shape index (κ2) is 8.94. The van der Waals surface area contributed by atoms with Crippen LogP contribution >= 0.6 is 0 Å². The van der Waals surface area contributed by atoms with Crippen molar-refractivity contribution in [2.24, 2.45) is 0 Å². The molecular weight excluding hydrogens is 331 g/mol. The zero-order chi connectivity index (χ0) is 18.4. The van der Waals surface area contributed by atoms with Gasteiger partial charge in [-0.05, 0) is 45.4 Å². The molecule has 1 aromatic carbocycles. The van der Waals surface area contributed by atoms with Gasteiger partial charge in [0.1, 0.15) is 5.82 Å². The van der Waals surface area contributed by atoms with Crippen molar-refractivity contribution in [1.82, 2.24) is 14.9 Å². The van der Waals surface area contributed by atoms with Gasteiger partial charge in [-0.3, -0.25) is 9.88 Å². The molecule has 0 saturated carbocycles. The van der Waals surface area contributed by atoms with Gasteiger partial charge < -0.3 is 9.64 Å². The summed E-state index contributed by atoms with van der Waals surface area (Å²) in [5.74, 6) is 0.471. The van der Waals surface area contributed by atoms with E-state index in [4.69, 9.17) is 4.74 Å². The first-order chi connectivity index (χ1) is 12.6. The molecule has 3 rings (SSSR count). The van der Waals surface area contributed by atoms with Crippen molar-refractivity contribution in [1.29, 1.82) is 0 Å². The largest absolute Gasteiger partial charge is 0.477 e. The molecule has 0 amide bonds. The van der Waals surface area contributed by atoms with Crippen LogP contribution in [0.3, 0.4) is 0 Å². The fourth-order valence-corrected chi connectivity index (χ4v) is 3.12. The molecule has 0 atom stereocenters. The van der Waals surface area contributed by atoms with E-state index in [0.29, 0.717) is 12.5 Å². The van der Waals surface area contributed by atoms with Crippen LogP contribution in [-0.4, -0.2) is 54.2 Å². The standard InChI is InChI=1S/C20H27FN4O/c1-16-17(2)23-20(15-22-16)26-14-6-5-9-24-10-12-25(13-11-24)19-8-4-3-7-18(19)21/h3-4,7-8,15H,5-6,9-14H2,1-2H3. The molecule has 1 aromatic heterocycles. The van der Waals surface area contributed by atoms with E-state index >= 15 is 0 Å². The first kappa shape index (κ1) is 18.6. The Hall–Kier alpha value is -2.21. The van der Waals surface area contributed by atoms with Crippen molar-refractivity contribution >= 4 is 5.69 Å². The summed E-state index contributed by atoms with van der Waals surface area (Å²) in [6.07, 6.45) is 3.75. The normalized spacial score (nSPS) is 15.3. The average Bonchev–Trinajstić information content (AvgIpc) is 2.65. The minimum Gasteiger partial charge on any atom is -0.477 e. The molecule has 0 bridgehead atoms. The highest BCUT2D eigenvalue weighted by atomic mass is 19.1. The Bertz CT molecular complexity index is 717. The van der Waals surface area contributed by atoms with Crippen LogP contribution in [0, 0.1) is 19.7 Å². The predicted octanol–water partition coefficient (Wildman–Crippen LogP) is 3.21. The zero-order valence-electron chi connectivity index (χ0n) is 15.6. The molecule has 140 valence electrons. The Morgan fingerprint density at radius 2 is 1.81 bits per heavy atom. The van der Waals surface area contributed by atoms with Crippen molar-refractivity contribution in [2.75, 3.05) is 44.2 Å². The van der Waals surface area contributed by atoms with Gasteiger partial charge in [0.25, 0.3) is 0 Å². The molecule has 6 heteroatoms. The first-order valence-electron chi connectivity index (χ1n) is 9.28. The number of para-hydroxylation sites is 1. The molecule has 0 spiro atoms. The fourth-order valence-electron chi connectivity index (χ4n) is 3.12. The Kier molecular flexibility index (Phi) is 6.39. The summed E-state index contributed by atoms with van der Waals surface area (Å²) in [7, 11) is 0. The lowest BCUT2D eigenvalue weighted by atomic mass is 10.2. The average molecular weight is 358 g/mol. The molecule has 2 aromatic rings. The molecular formula is C20H27FN4O. The molecule has 1 aliphatic rings. The van der Waals surface area contributed by atoms with Crippen LogP contribution in [-0.2, 0) is 0 Å². The maximum atomic E-state index is 13.9. The Balaban J connectivity index is 1.33. The molecule has 2 heterocycles. The Labute approximate surface area is 154 Å². The smallest absolute Gasteiger partial charge is 0.232 e. The predicted molar refractivity (Wildman–Crippen MR) is 101 cm³/mol. The van der Waals surface area contributed by atoms with Gasteiger partial charge in [-0.2, -0.15) is 0 Å². The summed E-state index contributed by atoms with van der Waals surface area (Å²) in [4.78, 5) is 13.2. The summed E-state index contributed by atoms with van der Waals surface area (Å²) in [5, 5.41) is 0. The number of piperazine rings is 1. The van der Waals surface area contributed by atoms with E-state index in [1.54, 1.807) is 12.3 Å². The fraction of sp³-hybridized carbons (Fsp3) is 0.500. The van der Waals surface area contributed by atoms with E-state index in [0.717, 1.165) is 62.6 Å². The zero-order valence-corrected chi connectivity index (χ0v) is 15.6. The number of aryl methyl sites for hydroxylation is 2. The van der Waals surface area contributed by atoms with Crippen molar-refractivity contribution in [3.8, 4) is 5.88 Å². The highest BCUT2D eigenvalue weighted by molar-refractivity contribution is 5.47. The SMILES string of the molecule is Cc1ncc(OCCCCN2CCN(c3ccccc3F)CC2)nc1C. The second-order valence-electron chi connectivity index (χ2n) is 6.71. The van der Waals surface area contributed by atoms with Crippen molar-refractivity contribution in [3.63, 3.8) is 0 Å². The molecule has 0 N–H and O–H groups in total. The van der Waals surface area contributed by atoms with Gasteiger partial charge in [-0.1, -0.05) is 12.1 Å². The van der Waals surface area contributed by atoms with Crippen LogP contribution in [0.4, 0.5) is 10.1 Å². The van der Waals surface area contributed by atoms with Gasteiger partial charge in [-0.25, -0.2) is 9.37 Å². The number of halogens is 1. The van der Waals surface area contributed by atoms with E-state index in [9.17, 15) is 4.39 Å². The van der Waals surface area contributed by atoms with Crippen LogP contribution in [0.25, 0.3) is 0 Å². The summed E-state index contributed by atoms with van der Waals surface area (Å²) >= 11 is 0. The van der Waals surface area contributed by atoms with Crippen molar-refractivity contribution in [2.45, 2.75) is 26.7 Å². The van der Waals surface area contributed by atoms with E-state index in [1.807, 2.05) is 26.0 Å². The molecule has 0 unspecified atom stereocenters. The van der Waals surface area contributed by atoms with Gasteiger partial charge in [0.05, 0.1) is 29.9 Å². The lowest BCUT2D eigenvalue weighted by Crippen LogP contribution is -2.46. The van der Waals surface area contributed by atoms with Crippen LogP contribution in [0.15, 0.2) is 30.5 Å². The maximum absolute atomic E-state index is 13.9. The lowest BCUT2D eigenvalue weighted by molar-refractivity contribution is 0.236. The van der Waals surface area contributed by atoms with Crippen molar-refractivity contribution < 1.29 is 9.13 Å². The molecule has 1 saturated heterocycles. The number of ether oxygens (including phenoxy) is 1. The summed E-state index contributed by atoms with van der Waals surface area (Å²) in [6.45, 7) is 9.27. The van der Waals surface area contributed by atoms with Crippen LogP contribution in [0.1, 0.15) is 24.2 Å². The third-order valence-electron chi connectivity index (χ3n) is 4.85. The van der Waals surface area contributed by atoms with Crippen LogP contribution in [0.5, 0.6) is 5.88 Å². The number of aromatic nitrogens is 2. The van der Waals surface area contributed by atoms with Gasteiger partial charge in [0.2, 0.25) is 5.88 Å². The number of rotatable bonds is 7. The van der Waals surface area contributed by atoms with Gasteiger partial charge in [0, 0.05) is 26.2 Å². The molecule has 5 nitrogen and oxygen atoms in total. The summed E-state index contributed by atoms with van der Waals surface area (Å²) in [6, 6.07) is 7.02. The first-order valence-corrected chi connectivity index (χ1v) is 9.28. The van der Waals surface area contributed by atoms with E-state index in [2.05, 4.69) is 19.8 Å². The number of anilines is 1. The maximum Gasteiger partial charge on any atom is 0.232 e. The Morgan fingerprint density at radius 1 is 1.04 bits per heavy atom. The number of benzene rings is 1. The molecule has 1 fully saturated rings. The minimum absolute atomic E-state index is 0.132. The minimum atomic E-state index is -0.132. The Morgan fingerprint density at radius 3 is 2.54 bits per heavy atom. The topological polar surface area (TPSA) is 41.5 Å². The van der Waals surface area contributed by atoms with E-state index in [-0.39, 0.29) is 5.82 Å². The van der Waals surface area contributed by atoms with E-state index < -0.39 is 0 Å². The van der Waals surface area contributed by atoms with Gasteiger partial charge in [-0.15, -0.1) is 0 Å². The third kappa shape index (κ3) is 4.91. The number of hydrogen-bond acceptors (Lipinski definition) is 5.